The molecule has 0 bridgehead atoms. The highest BCUT2D eigenvalue weighted by molar-refractivity contribution is 7.57. The van der Waals surface area contributed by atoms with Crippen LogP contribution in [0, 0.1) is 5.41 Å². The summed E-state index contributed by atoms with van der Waals surface area (Å²) in [6, 6.07) is 13.9. The second-order valence-corrected chi connectivity index (χ2v) is 11.3. The maximum atomic E-state index is 12.6. The van der Waals surface area contributed by atoms with Crippen molar-refractivity contribution in [2.75, 3.05) is 6.61 Å². The zero-order valence-corrected chi connectivity index (χ0v) is 21.6. The summed E-state index contributed by atoms with van der Waals surface area (Å²) >= 11 is 0. The van der Waals surface area contributed by atoms with E-state index in [4.69, 9.17) is 23.9 Å². The Balaban J connectivity index is 1.45. The molecule has 1 aromatic heterocycles. The molecule has 15 nitrogen and oxygen atoms in total. The molecule has 0 radical (unpaired) electrons. The van der Waals surface area contributed by atoms with Gasteiger partial charge in [0.15, 0.2) is 6.23 Å². The first-order chi connectivity index (χ1) is 18.3. The summed E-state index contributed by atoms with van der Waals surface area (Å²) < 4.78 is 34.0. The Kier molecular flexibility index (Phi) is 8.81. The second kappa shape index (κ2) is 11.8. The average Bonchev–Trinajstić information content (AvgIpc) is 3.15. The molecule has 0 amide bonds. The van der Waals surface area contributed by atoms with Crippen LogP contribution >= 0.6 is 15.8 Å². The Hall–Kier alpha value is -2.78. The minimum absolute atomic E-state index is 0.139. The van der Waals surface area contributed by atoms with Gasteiger partial charge in [0, 0.05) is 11.8 Å². The molecule has 4 rings (SSSR count). The van der Waals surface area contributed by atoms with E-state index in [0.29, 0.717) is 5.75 Å². The SMILES string of the molecule is N=c1ccn([C@@H]2O[C@H](COP(=O)(O)O[C@@H](c3cccc(Oc4ccccc4)c3)[P+]([O-])([O-])O)[C@@H](O)[C@H]2O)c([O-])n1. The molecule has 210 valence electrons. The maximum Gasteiger partial charge on any atom is 0.475 e. The van der Waals surface area contributed by atoms with E-state index in [9.17, 15) is 39.5 Å². The van der Waals surface area contributed by atoms with Crippen molar-refractivity contribution in [2.45, 2.75) is 30.4 Å². The highest BCUT2D eigenvalue weighted by Crippen LogP contribution is 2.61. The average molecular weight is 583 g/mol. The van der Waals surface area contributed by atoms with Crippen LogP contribution in [0.25, 0.3) is 0 Å². The summed E-state index contributed by atoms with van der Waals surface area (Å²) in [5, 5.41) is 39.9. The van der Waals surface area contributed by atoms with Crippen molar-refractivity contribution in [1.29, 1.82) is 5.41 Å². The molecule has 1 saturated heterocycles. The molecule has 0 saturated carbocycles. The highest BCUT2D eigenvalue weighted by Gasteiger charge is 2.45. The predicted octanol–water partition coefficient (Wildman–Crippen LogP) is -0.844. The van der Waals surface area contributed by atoms with Gasteiger partial charge in [-0.1, -0.05) is 30.3 Å². The fourth-order valence-corrected chi connectivity index (χ4v) is 5.83. The van der Waals surface area contributed by atoms with Crippen LogP contribution in [0.2, 0.25) is 0 Å². The number of phosphoric ester groups is 1. The molecule has 39 heavy (non-hydrogen) atoms. The van der Waals surface area contributed by atoms with E-state index in [1.807, 2.05) is 0 Å². The van der Waals surface area contributed by atoms with Gasteiger partial charge in [-0.05, 0) is 30.3 Å². The van der Waals surface area contributed by atoms with Gasteiger partial charge in [-0.25, -0.2) is 14.1 Å². The molecular formula is C22H23N3O12P2-2. The molecule has 2 heterocycles. The van der Waals surface area contributed by atoms with E-state index in [1.54, 1.807) is 30.3 Å². The lowest BCUT2D eigenvalue weighted by Crippen LogP contribution is -2.34. The number of nitrogens with zero attached hydrogens (tertiary/aromatic N) is 2. The molecule has 0 aliphatic carbocycles. The first-order valence-electron chi connectivity index (χ1n) is 11.2. The van der Waals surface area contributed by atoms with Crippen LogP contribution in [0.4, 0.5) is 0 Å². The molecule has 3 aromatic rings. The van der Waals surface area contributed by atoms with Crippen molar-refractivity contribution < 1.29 is 58.0 Å². The fourth-order valence-electron chi connectivity index (χ4n) is 3.69. The van der Waals surface area contributed by atoms with Crippen LogP contribution < -0.4 is 25.1 Å². The summed E-state index contributed by atoms with van der Waals surface area (Å²) in [6.07, 6.45) is -5.22. The van der Waals surface area contributed by atoms with E-state index >= 15 is 0 Å². The highest BCUT2D eigenvalue weighted by atomic mass is 31.2. The van der Waals surface area contributed by atoms with E-state index in [-0.39, 0.29) is 16.8 Å². The monoisotopic (exact) mass is 583 g/mol. The molecule has 17 heteroatoms. The number of aromatic nitrogens is 2. The maximum absolute atomic E-state index is 12.6. The Morgan fingerprint density at radius 1 is 1.10 bits per heavy atom. The lowest BCUT2D eigenvalue weighted by molar-refractivity contribution is -0.340. The number of benzene rings is 2. The minimum atomic E-state index is -5.45. The second-order valence-electron chi connectivity index (χ2n) is 8.32. The Bertz CT molecular complexity index is 1390. The lowest BCUT2D eigenvalue weighted by Gasteiger charge is -2.36. The zero-order chi connectivity index (χ0) is 28.4. The molecule has 5 N–H and O–H groups in total. The first-order valence-corrected chi connectivity index (χ1v) is 14.3. The van der Waals surface area contributed by atoms with Gasteiger partial charge in [-0.3, -0.25) is 14.8 Å². The Morgan fingerprint density at radius 3 is 2.46 bits per heavy atom. The third-order valence-corrected chi connectivity index (χ3v) is 7.61. The van der Waals surface area contributed by atoms with Gasteiger partial charge in [-0.15, -0.1) is 0 Å². The topological polar surface area (TPSA) is 246 Å². The van der Waals surface area contributed by atoms with Gasteiger partial charge in [0.25, 0.3) is 0 Å². The smallest absolute Gasteiger partial charge is 0.475 e. The fraction of sp³-hybridized carbons (Fsp3) is 0.273. The van der Waals surface area contributed by atoms with Gasteiger partial charge >= 0.3 is 7.82 Å². The van der Waals surface area contributed by atoms with Gasteiger partial charge in [-0.2, -0.15) is 0 Å². The summed E-state index contributed by atoms with van der Waals surface area (Å²) in [6.45, 7) is -0.889. The van der Waals surface area contributed by atoms with E-state index < -0.39 is 58.8 Å². The number of phosphoric acid groups is 1. The van der Waals surface area contributed by atoms with Crippen molar-refractivity contribution in [3.05, 3.63) is 77.9 Å². The molecule has 1 unspecified atom stereocenters. The van der Waals surface area contributed by atoms with Crippen molar-refractivity contribution in [3.8, 4) is 17.5 Å². The van der Waals surface area contributed by atoms with Gasteiger partial charge in [0.05, 0.1) is 20.6 Å². The number of aliphatic hydroxyl groups excluding tert-OH is 2. The molecular weight excluding hydrogens is 560 g/mol. The number of hydrogen-bond acceptors (Lipinski definition) is 13. The number of para-hydroxylation sites is 1. The van der Waals surface area contributed by atoms with Crippen LogP contribution in [0.15, 0.2) is 66.9 Å². The van der Waals surface area contributed by atoms with Gasteiger partial charge in [0.1, 0.15) is 35.3 Å². The molecule has 1 aliphatic rings. The Labute approximate surface area is 221 Å². The van der Waals surface area contributed by atoms with Crippen LogP contribution in [0.5, 0.6) is 17.5 Å². The molecule has 1 fully saturated rings. The summed E-state index contributed by atoms with van der Waals surface area (Å²) in [5.74, 6) is -1.78. The zero-order valence-electron chi connectivity index (χ0n) is 19.8. The predicted molar refractivity (Wildman–Crippen MR) is 125 cm³/mol. The normalized spacial score (nSPS) is 23.7. The van der Waals surface area contributed by atoms with Crippen molar-refractivity contribution in [1.82, 2.24) is 9.55 Å². The number of ether oxygens (including phenoxy) is 2. The third-order valence-electron chi connectivity index (χ3n) is 5.49. The number of hydrogen-bond donors (Lipinski definition) is 5. The van der Waals surface area contributed by atoms with Crippen LogP contribution in [0.1, 0.15) is 17.6 Å². The lowest BCUT2D eigenvalue weighted by atomic mass is 10.1. The van der Waals surface area contributed by atoms with Gasteiger partial charge in [0.2, 0.25) is 5.85 Å². The van der Waals surface area contributed by atoms with Crippen LogP contribution in [-0.2, 0) is 18.3 Å². The van der Waals surface area contributed by atoms with E-state index in [2.05, 4.69) is 4.98 Å². The van der Waals surface area contributed by atoms with Crippen LogP contribution in [-0.4, -0.2) is 54.5 Å². The number of aliphatic hydroxyl groups is 2. The third kappa shape index (κ3) is 7.25. The van der Waals surface area contributed by atoms with Crippen molar-refractivity contribution in [3.63, 3.8) is 0 Å². The largest absolute Gasteiger partial charge is 0.846 e. The summed E-state index contributed by atoms with van der Waals surface area (Å²) in [4.78, 5) is 47.5. The molecule has 6 atom stereocenters. The minimum Gasteiger partial charge on any atom is -0.846 e. The molecule has 0 spiro atoms. The Morgan fingerprint density at radius 2 is 1.79 bits per heavy atom. The summed E-state index contributed by atoms with van der Waals surface area (Å²) in [7, 11) is -10.7. The number of rotatable bonds is 10. The first kappa shape index (κ1) is 29.2. The quantitative estimate of drug-likeness (QED) is 0.183. The van der Waals surface area contributed by atoms with Gasteiger partial charge < -0.3 is 44.0 Å². The molecule has 1 aliphatic heterocycles. The molecule has 2 aromatic carbocycles. The summed E-state index contributed by atoms with van der Waals surface area (Å²) in [5.41, 5.74) is -0.590. The van der Waals surface area contributed by atoms with Crippen molar-refractivity contribution in [2.24, 2.45) is 0 Å². The number of nitrogens with one attached hydrogen (secondary N) is 1. The van der Waals surface area contributed by atoms with Crippen molar-refractivity contribution >= 4 is 15.8 Å². The van der Waals surface area contributed by atoms with Crippen LogP contribution in [0.3, 0.4) is 0 Å². The standard InChI is InChI=1S/C22H25N3O12P2/c23-17-9-10-25(22(28)24-17)20-19(27)18(26)16(36-20)12-34-39(32,33)37-21(38(29,30)31)13-5-4-8-15(11-13)35-14-6-2-1-3-7-14/h1-11,16,18-21,26-27H,12H2,(H,32,33)(H2,23,24,28)(H2,29,30,31)/p-2/t16-,18-,19-,20-,21-/m1/s1. The van der Waals surface area contributed by atoms with E-state index in [1.165, 1.54) is 24.3 Å². The van der Waals surface area contributed by atoms with E-state index in [0.717, 1.165) is 16.8 Å².